The van der Waals surface area contributed by atoms with Gasteiger partial charge in [0, 0.05) is 31.4 Å². The standard InChI is InChI=1S/C22H30N6O4/c1-27(2)16-10-8-14(9-11-16)21-24-25-26-28(21)17-12-30-20-18(13-31-19(17)20)32-22(29)23-15-6-4-3-5-7-15/h8-11,15,17-20H,3-7,12-13H2,1-2H3,(H,23,29). The number of nitrogens with zero attached hydrogens (tertiary/aromatic N) is 5. The second kappa shape index (κ2) is 9.03. The number of tetrazole rings is 1. The number of benzene rings is 1. The molecule has 0 bridgehead atoms. The second-order valence-electron chi connectivity index (χ2n) is 8.97. The first kappa shape index (κ1) is 21.1. The summed E-state index contributed by atoms with van der Waals surface area (Å²) in [6, 6.07) is 8.08. The summed E-state index contributed by atoms with van der Waals surface area (Å²) in [7, 11) is 4.00. The van der Waals surface area contributed by atoms with E-state index in [9.17, 15) is 4.79 Å². The van der Waals surface area contributed by atoms with Crippen molar-refractivity contribution in [3.8, 4) is 11.4 Å². The molecule has 5 rings (SSSR count). The number of alkyl carbamates (subject to hydrolysis) is 1. The Balaban J connectivity index is 1.24. The number of fused-ring (bicyclic) bond motifs is 1. The van der Waals surface area contributed by atoms with Gasteiger partial charge in [-0.3, -0.25) is 0 Å². The van der Waals surface area contributed by atoms with Gasteiger partial charge in [0.2, 0.25) is 0 Å². The number of amides is 1. The Kier molecular flexibility index (Phi) is 5.97. The van der Waals surface area contributed by atoms with Crippen LogP contribution >= 0.6 is 0 Å². The minimum Gasteiger partial charge on any atom is -0.441 e. The summed E-state index contributed by atoms with van der Waals surface area (Å²) < 4.78 is 19.5. The molecule has 1 aliphatic carbocycles. The number of hydrogen-bond acceptors (Lipinski definition) is 8. The molecular formula is C22H30N6O4. The highest BCUT2D eigenvalue weighted by Gasteiger charge is 2.51. The molecule has 1 saturated carbocycles. The van der Waals surface area contributed by atoms with Gasteiger partial charge in [-0.1, -0.05) is 19.3 Å². The number of anilines is 1. The quantitative estimate of drug-likeness (QED) is 0.752. The van der Waals surface area contributed by atoms with Gasteiger partial charge in [0.1, 0.15) is 18.2 Å². The highest BCUT2D eigenvalue weighted by atomic mass is 16.6. The van der Waals surface area contributed by atoms with Crippen LogP contribution in [0.5, 0.6) is 0 Å². The number of aromatic nitrogens is 4. The van der Waals surface area contributed by atoms with Gasteiger partial charge in [-0.25, -0.2) is 9.48 Å². The van der Waals surface area contributed by atoms with E-state index in [4.69, 9.17) is 14.2 Å². The minimum absolute atomic E-state index is 0.187. The van der Waals surface area contributed by atoms with Crippen LogP contribution in [0.1, 0.15) is 38.1 Å². The summed E-state index contributed by atoms with van der Waals surface area (Å²) >= 11 is 0. The molecule has 0 spiro atoms. The first-order valence-corrected chi connectivity index (χ1v) is 11.4. The van der Waals surface area contributed by atoms with Crippen LogP contribution < -0.4 is 10.2 Å². The molecule has 1 aromatic heterocycles. The zero-order valence-corrected chi connectivity index (χ0v) is 18.5. The molecule has 172 valence electrons. The Morgan fingerprint density at radius 3 is 2.59 bits per heavy atom. The Morgan fingerprint density at radius 1 is 1.09 bits per heavy atom. The van der Waals surface area contributed by atoms with Crippen molar-refractivity contribution in [3.63, 3.8) is 0 Å². The van der Waals surface area contributed by atoms with Gasteiger partial charge in [0.05, 0.1) is 13.2 Å². The molecule has 3 heterocycles. The molecule has 1 N–H and O–H groups in total. The molecule has 2 aromatic rings. The number of ether oxygens (including phenoxy) is 3. The lowest BCUT2D eigenvalue weighted by atomic mass is 9.96. The maximum absolute atomic E-state index is 12.4. The maximum atomic E-state index is 12.4. The fourth-order valence-electron chi connectivity index (χ4n) is 4.86. The first-order chi connectivity index (χ1) is 15.6. The minimum atomic E-state index is -0.437. The predicted molar refractivity (Wildman–Crippen MR) is 116 cm³/mol. The maximum Gasteiger partial charge on any atom is 0.407 e. The van der Waals surface area contributed by atoms with Gasteiger partial charge in [0.25, 0.3) is 0 Å². The van der Waals surface area contributed by atoms with Crippen LogP contribution in [0.15, 0.2) is 24.3 Å². The lowest BCUT2D eigenvalue weighted by Gasteiger charge is -2.24. The number of carbonyl (C=O) groups is 1. The summed E-state index contributed by atoms with van der Waals surface area (Å²) in [5.74, 6) is 0.660. The average molecular weight is 443 g/mol. The lowest BCUT2D eigenvalue weighted by molar-refractivity contribution is 0.00174. The van der Waals surface area contributed by atoms with Crippen molar-refractivity contribution >= 4 is 11.8 Å². The first-order valence-electron chi connectivity index (χ1n) is 11.4. The molecule has 2 saturated heterocycles. The van der Waals surface area contributed by atoms with Crippen molar-refractivity contribution in [3.05, 3.63) is 24.3 Å². The smallest absolute Gasteiger partial charge is 0.407 e. The van der Waals surface area contributed by atoms with E-state index in [1.54, 1.807) is 4.68 Å². The molecule has 1 amide bonds. The fourth-order valence-corrected chi connectivity index (χ4v) is 4.86. The van der Waals surface area contributed by atoms with Crippen LogP contribution in [-0.2, 0) is 14.2 Å². The van der Waals surface area contributed by atoms with Gasteiger partial charge in [-0.15, -0.1) is 5.10 Å². The van der Waals surface area contributed by atoms with Gasteiger partial charge in [-0.05, 0) is 47.5 Å². The molecule has 3 fully saturated rings. The Labute approximate surface area is 187 Å². The monoisotopic (exact) mass is 442 g/mol. The molecule has 10 heteroatoms. The van der Waals surface area contributed by atoms with Crippen molar-refractivity contribution in [1.29, 1.82) is 0 Å². The Bertz CT molecular complexity index is 927. The van der Waals surface area contributed by atoms with Crippen molar-refractivity contribution in [2.75, 3.05) is 32.2 Å². The highest BCUT2D eigenvalue weighted by molar-refractivity contribution is 5.68. The van der Waals surface area contributed by atoms with Crippen molar-refractivity contribution < 1.29 is 19.0 Å². The van der Waals surface area contributed by atoms with E-state index in [1.165, 1.54) is 6.42 Å². The van der Waals surface area contributed by atoms with E-state index < -0.39 is 6.10 Å². The molecule has 1 aromatic carbocycles. The van der Waals surface area contributed by atoms with Crippen LogP contribution in [0.4, 0.5) is 10.5 Å². The Hall–Kier alpha value is -2.72. The van der Waals surface area contributed by atoms with Gasteiger partial charge in [0.15, 0.2) is 11.9 Å². The third-order valence-corrected chi connectivity index (χ3v) is 6.62. The summed E-state index contributed by atoms with van der Waals surface area (Å²) in [6.45, 7) is 0.701. The van der Waals surface area contributed by atoms with Gasteiger partial charge in [-0.2, -0.15) is 0 Å². The van der Waals surface area contributed by atoms with E-state index in [-0.39, 0.29) is 30.4 Å². The summed E-state index contributed by atoms with van der Waals surface area (Å²) in [5, 5.41) is 15.3. The number of rotatable bonds is 5. The number of carbonyl (C=O) groups excluding carboxylic acids is 1. The SMILES string of the molecule is CN(C)c1ccc(-c2nnnn2C2COC3C(OC(=O)NC4CCCCC4)COC32)cc1. The van der Waals surface area contributed by atoms with E-state index in [2.05, 4.69) is 20.8 Å². The molecule has 4 atom stereocenters. The molecule has 0 radical (unpaired) electrons. The number of hydrogen-bond donors (Lipinski definition) is 1. The van der Waals surface area contributed by atoms with Crippen LogP contribution in [-0.4, -0.2) is 78.0 Å². The number of nitrogens with one attached hydrogen (secondary N) is 1. The van der Waals surface area contributed by atoms with E-state index >= 15 is 0 Å². The van der Waals surface area contributed by atoms with Crippen molar-refractivity contribution in [2.24, 2.45) is 0 Å². The topological polar surface area (TPSA) is 104 Å². The van der Waals surface area contributed by atoms with Gasteiger partial charge >= 0.3 is 6.09 Å². The lowest BCUT2D eigenvalue weighted by Crippen LogP contribution is -2.41. The second-order valence-corrected chi connectivity index (χ2v) is 8.97. The highest BCUT2D eigenvalue weighted by Crippen LogP contribution is 2.37. The third kappa shape index (κ3) is 4.16. The van der Waals surface area contributed by atoms with Crippen LogP contribution in [0, 0.1) is 0 Å². The van der Waals surface area contributed by atoms with Gasteiger partial charge < -0.3 is 24.4 Å². The average Bonchev–Trinajstić information content (AvgIpc) is 3.52. The third-order valence-electron chi connectivity index (χ3n) is 6.62. The predicted octanol–water partition coefficient (Wildman–Crippen LogP) is 2.17. The van der Waals surface area contributed by atoms with E-state index in [0.717, 1.165) is 36.9 Å². The van der Waals surface area contributed by atoms with E-state index in [0.29, 0.717) is 19.0 Å². The summed E-state index contributed by atoms with van der Waals surface area (Å²) in [5.41, 5.74) is 2.02. The zero-order chi connectivity index (χ0) is 22.1. The van der Waals surface area contributed by atoms with Crippen LogP contribution in [0.25, 0.3) is 11.4 Å². The molecule has 3 aliphatic rings. The normalized spacial score (nSPS) is 27.8. The summed E-state index contributed by atoms with van der Waals surface area (Å²) in [4.78, 5) is 14.4. The molecule has 32 heavy (non-hydrogen) atoms. The van der Waals surface area contributed by atoms with Crippen molar-refractivity contribution in [1.82, 2.24) is 25.5 Å². The van der Waals surface area contributed by atoms with Crippen molar-refractivity contribution in [2.45, 2.75) is 62.5 Å². The van der Waals surface area contributed by atoms with Crippen LogP contribution in [0.2, 0.25) is 0 Å². The zero-order valence-electron chi connectivity index (χ0n) is 18.5. The fraction of sp³-hybridized carbons (Fsp3) is 0.636. The summed E-state index contributed by atoms with van der Waals surface area (Å²) in [6.07, 6.45) is 4.14. The molecular weight excluding hydrogens is 412 g/mol. The largest absolute Gasteiger partial charge is 0.441 e. The van der Waals surface area contributed by atoms with Crippen LogP contribution in [0.3, 0.4) is 0 Å². The molecule has 2 aliphatic heterocycles. The molecule has 4 unspecified atom stereocenters. The Morgan fingerprint density at radius 2 is 1.84 bits per heavy atom. The van der Waals surface area contributed by atoms with E-state index in [1.807, 2.05) is 43.3 Å². The molecule has 10 nitrogen and oxygen atoms in total.